The SMILES string of the molecule is O=C(c1ccc[nH]1)N1CCN(c2ccc(Cl)cn2)CC1. The average Bonchev–Trinajstić information content (AvgIpc) is 3.02. The third-order valence-electron chi connectivity index (χ3n) is 3.43. The highest BCUT2D eigenvalue weighted by molar-refractivity contribution is 6.30. The normalized spacial score (nSPS) is 15.4. The van der Waals surface area contributed by atoms with Gasteiger partial charge in [0.25, 0.3) is 5.91 Å². The number of H-pyrrole nitrogens is 1. The Morgan fingerprint density at radius 3 is 2.60 bits per heavy atom. The standard InChI is InChI=1S/C14H15ClN4O/c15-11-3-4-13(17-10-11)18-6-8-19(9-7-18)14(20)12-2-1-5-16-12/h1-5,10,16H,6-9H2. The Morgan fingerprint density at radius 2 is 2.00 bits per heavy atom. The average molecular weight is 291 g/mol. The van der Waals surface area contributed by atoms with Crippen molar-refractivity contribution in [2.24, 2.45) is 0 Å². The van der Waals surface area contributed by atoms with E-state index in [2.05, 4.69) is 14.9 Å². The Morgan fingerprint density at radius 1 is 1.20 bits per heavy atom. The van der Waals surface area contributed by atoms with Crippen LogP contribution < -0.4 is 4.90 Å². The van der Waals surface area contributed by atoms with Gasteiger partial charge < -0.3 is 14.8 Å². The smallest absolute Gasteiger partial charge is 0.270 e. The van der Waals surface area contributed by atoms with E-state index in [1.165, 1.54) is 0 Å². The van der Waals surface area contributed by atoms with Gasteiger partial charge in [-0.25, -0.2) is 4.98 Å². The lowest BCUT2D eigenvalue weighted by atomic mass is 10.2. The number of carbonyl (C=O) groups excluding carboxylic acids is 1. The van der Waals surface area contributed by atoms with Crippen LogP contribution in [0.15, 0.2) is 36.7 Å². The number of hydrogen-bond donors (Lipinski definition) is 1. The second kappa shape index (κ2) is 5.54. The molecule has 20 heavy (non-hydrogen) atoms. The third-order valence-corrected chi connectivity index (χ3v) is 3.65. The van der Waals surface area contributed by atoms with E-state index >= 15 is 0 Å². The zero-order valence-corrected chi connectivity index (χ0v) is 11.7. The summed E-state index contributed by atoms with van der Waals surface area (Å²) >= 11 is 5.84. The molecule has 0 saturated carbocycles. The minimum atomic E-state index is 0.0544. The van der Waals surface area contributed by atoms with Crippen LogP contribution >= 0.6 is 11.6 Å². The number of piperazine rings is 1. The van der Waals surface area contributed by atoms with E-state index in [9.17, 15) is 4.79 Å². The molecule has 1 aliphatic heterocycles. The van der Waals surface area contributed by atoms with E-state index in [1.807, 2.05) is 23.1 Å². The molecule has 1 amide bonds. The van der Waals surface area contributed by atoms with E-state index in [-0.39, 0.29) is 5.91 Å². The van der Waals surface area contributed by atoms with Crippen molar-refractivity contribution in [1.29, 1.82) is 0 Å². The highest BCUT2D eigenvalue weighted by Gasteiger charge is 2.23. The first-order valence-corrected chi connectivity index (χ1v) is 6.91. The Balaban J connectivity index is 1.62. The van der Waals surface area contributed by atoms with Crippen molar-refractivity contribution in [2.75, 3.05) is 31.1 Å². The van der Waals surface area contributed by atoms with Gasteiger partial charge >= 0.3 is 0 Å². The highest BCUT2D eigenvalue weighted by atomic mass is 35.5. The minimum absolute atomic E-state index is 0.0544. The first kappa shape index (κ1) is 13.0. The van der Waals surface area contributed by atoms with Crippen LogP contribution in [-0.4, -0.2) is 47.0 Å². The van der Waals surface area contributed by atoms with Gasteiger partial charge in [-0.05, 0) is 24.3 Å². The van der Waals surface area contributed by atoms with E-state index in [1.54, 1.807) is 18.5 Å². The lowest BCUT2D eigenvalue weighted by molar-refractivity contribution is 0.0741. The van der Waals surface area contributed by atoms with Gasteiger partial charge in [0.15, 0.2) is 0 Å². The molecule has 0 spiro atoms. The first-order chi connectivity index (χ1) is 9.74. The lowest BCUT2D eigenvalue weighted by Crippen LogP contribution is -2.49. The molecule has 104 valence electrons. The molecule has 3 rings (SSSR count). The summed E-state index contributed by atoms with van der Waals surface area (Å²) in [5, 5.41) is 0.634. The van der Waals surface area contributed by atoms with Crippen LogP contribution in [-0.2, 0) is 0 Å². The maximum Gasteiger partial charge on any atom is 0.270 e. The summed E-state index contributed by atoms with van der Waals surface area (Å²) in [7, 11) is 0. The Kier molecular flexibility index (Phi) is 3.60. The number of pyridine rings is 1. The fraction of sp³-hybridized carbons (Fsp3) is 0.286. The predicted octanol–water partition coefficient (Wildman–Crippen LogP) is 2.03. The predicted molar refractivity (Wildman–Crippen MR) is 78.2 cm³/mol. The fourth-order valence-electron chi connectivity index (χ4n) is 2.33. The highest BCUT2D eigenvalue weighted by Crippen LogP contribution is 2.16. The van der Waals surface area contributed by atoms with Crippen molar-refractivity contribution < 1.29 is 4.79 Å². The molecule has 0 radical (unpaired) electrons. The molecule has 1 aliphatic rings. The van der Waals surface area contributed by atoms with Crippen LogP contribution in [0.3, 0.4) is 0 Å². The largest absolute Gasteiger partial charge is 0.357 e. The molecule has 0 aliphatic carbocycles. The summed E-state index contributed by atoms with van der Waals surface area (Å²) in [6, 6.07) is 7.38. The maximum atomic E-state index is 12.2. The van der Waals surface area contributed by atoms with Crippen LogP contribution in [0.1, 0.15) is 10.5 Å². The number of nitrogens with zero attached hydrogens (tertiary/aromatic N) is 3. The van der Waals surface area contributed by atoms with Gasteiger partial charge in [0.05, 0.1) is 5.02 Å². The molecule has 1 N–H and O–H groups in total. The minimum Gasteiger partial charge on any atom is -0.357 e. The zero-order valence-electron chi connectivity index (χ0n) is 10.9. The van der Waals surface area contributed by atoms with Crippen molar-refractivity contribution in [1.82, 2.24) is 14.9 Å². The number of amides is 1. The molecular weight excluding hydrogens is 276 g/mol. The van der Waals surface area contributed by atoms with E-state index in [4.69, 9.17) is 11.6 Å². The van der Waals surface area contributed by atoms with Crippen molar-refractivity contribution in [3.05, 3.63) is 47.4 Å². The number of aromatic amines is 1. The van der Waals surface area contributed by atoms with Crippen LogP contribution in [0.4, 0.5) is 5.82 Å². The van der Waals surface area contributed by atoms with Crippen LogP contribution in [0, 0.1) is 0 Å². The number of halogens is 1. The second-order valence-electron chi connectivity index (χ2n) is 4.70. The number of rotatable bonds is 2. The van der Waals surface area contributed by atoms with Crippen LogP contribution in [0.25, 0.3) is 0 Å². The van der Waals surface area contributed by atoms with E-state index < -0.39 is 0 Å². The molecular formula is C14H15ClN4O. The molecule has 0 atom stereocenters. The Hall–Kier alpha value is -2.01. The summed E-state index contributed by atoms with van der Waals surface area (Å²) in [4.78, 5) is 23.5. The summed E-state index contributed by atoms with van der Waals surface area (Å²) in [6.45, 7) is 2.95. The summed E-state index contributed by atoms with van der Waals surface area (Å²) in [6.07, 6.45) is 3.41. The van der Waals surface area contributed by atoms with Gasteiger partial charge in [-0.15, -0.1) is 0 Å². The monoisotopic (exact) mass is 290 g/mol. The molecule has 1 fully saturated rings. The zero-order chi connectivity index (χ0) is 13.9. The Bertz CT molecular complexity index is 574. The van der Waals surface area contributed by atoms with Crippen molar-refractivity contribution in [3.8, 4) is 0 Å². The van der Waals surface area contributed by atoms with Crippen LogP contribution in [0.5, 0.6) is 0 Å². The summed E-state index contributed by atoms with van der Waals surface area (Å²) < 4.78 is 0. The number of aromatic nitrogens is 2. The third kappa shape index (κ3) is 2.63. The molecule has 2 aromatic rings. The van der Waals surface area contributed by atoms with Crippen LogP contribution in [0.2, 0.25) is 5.02 Å². The van der Waals surface area contributed by atoms with Gasteiger partial charge in [0.2, 0.25) is 0 Å². The quantitative estimate of drug-likeness (QED) is 0.921. The molecule has 0 bridgehead atoms. The topological polar surface area (TPSA) is 52.2 Å². The molecule has 1 saturated heterocycles. The first-order valence-electron chi connectivity index (χ1n) is 6.53. The van der Waals surface area contributed by atoms with Gasteiger partial charge in [-0.2, -0.15) is 0 Å². The van der Waals surface area contributed by atoms with Crippen molar-refractivity contribution in [2.45, 2.75) is 0 Å². The van der Waals surface area contributed by atoms with Crippen molar-refractivity contribution in [3.63, 3.8) is 0 Å². The van der Waals surface area contributed by atoms with Gasteiger partial charge in [-0.3, -0.25) is 4.79 Å². The fourth-order valence-corrected chi connectivity index (χ4v) is 2.44. The number of nitrogens with one attached hydrogen (secondary N) is 1. The number of hydrogen-bond acceptors (Lipinski definition) is 3. The molecule has 2 aromatic heterocycles. The summed E-state index contributed by atoms with van der Waals surface area (Å²) in [5.41, 5.74) is 0.642. The van der Waals surface area contributed by atoms with E-state index in [0.29, 0.717) is 23.8 Å². The molecule has 0 unspecified atom stereocenters. The van der Waals surface area contributed by atoms with Gasteiger partial charge in [-0.1, -0.05) is 11.6 Å². The molecule has 5 nitrogen and oxygen atoms in total. The summed E-state index contributed by atoms with van der Waals surface area (Å²) in [5.74, 6) is 0.958. The molecule has 0 aromatic carbocycles. The number of carbonyl (C=O) groups is 1. The lowest BCUT2D eigenvalue weighted by Gasteiger charge is -2.35. The van der Waals surface area contributed by atoms with E-state index in [0.717, 1.165) is 18.9 Å². The maximum absolute atomic E-state index is 12.2. The van der Waals surface area contributed by atoms with Gasteiger partial charge in [0.1, 0.15) is 11.5 Å². The number of anilines is 1. The molecule has 3 heterocycles. The molecule has 6 heteroatoms. The second-order valence-corrected chi connectivity index (χ2v) is 5.13. The van der Waals surface area contributed by atoms with Crippen molar-refractivity contribution >= 4 is 23.3 Å². The Labute approximate surface area is 122 Å². The van der Waals surface area contributed by atoms with Gasteiger partial charge in [0, 0.05) is 38.6 Å².